The molecular formula is C32H55N2O4+. The van der Waals surface area contributed by atoms with E-state index < -0.39 is 0 Å². The van der Waals surface area contributed by atoms with Crippen molar-refractivity contribution >= 4 is 5.97 Å². The van der Waals surface area contributed by atoms with Crippen LogP contribution in [0.15, 0.2) is 0 Å². The number of hydrogen-bond acceptors (Lipinski definition) is 5. The van der Waals surface area contributed by atoms with E-state index in [1.54, 1.807) is 6.92 Å². The monoisotopic (exact) mass is 531 g/mol. The molecule has 0 amide bonds. The topological polar surface area (TPSA) is 70.0 Å². The van der Waals surface area contributed by atoms with Gasteiger partial charge < -0.3 is 19.4 Å². The maximum absolute atomic E-state index is 12.4. The molecule has 10 atom stereocenters. The molecule has 2 aliphatic heterocycles. The average molecular weight is 532 g/mol. The Morgan fingerprint density at radius 2 is 1.63 bits per heavy atom. The minimum atomic E-state index is -0.235. The number of aliphatic hydroxyl groups excluding tert-OH is 2. The highest BCUT2D eigenvalue weighted by Crippen LogP contribution is 2.67. The van der Waals surface area contributed by atoms with Gasteiger partial charge in [0.25, 0.3) is 0 Å². The third-order valence-electron chi connectivity index (χ3n) is 13.5. The number of ether oxygens (including phenoxy) is 1. The predicted molar refractivity (Wildman–Crippen MR) is 148 cm³/mol. The molecule has 4 saturated carbocycles. The van der Waals surface area contributed by atoms with Crippen molar-refractivity contribution in [2.24, 2.45) is 34.5 Å². The van der Waals surface area contributed by atoms with Crippen LogP contribution < -0.4 is 0 Å². The zero-order valence-electron chi connectivity index (χ0n) is 24.6. The lowest BCUT2D eigenvalue weighted by molar-refractivity contribution is -0.940. The minimum Gasteiger partial charge on any atom is -0.456 e. The summed E-state index contributed by atoms with van der Waals surface area (Å²) in [5.41, 5.74) is 0.346. The van der Waals surface area contributed by atoms with Crippen molar-refractivity contribution in [2.45, 2.75) is 128 Å². The SMILES string of the molecule is CC(=O)O[C@H]1[C@@H]([N+]2(C)CCCCC2)CC2C3CC[C@H]4C[C@H](O)[C@@H](N5CCC(O)CC5)C[C@]4(C)C3CC[C@@]21C. The number of carbonyl (C=O) groups excluding carboxylic acids is 1. The summed E-state index contributed by atoms with van der Waals surface area (Å²) in [6.07, 6.45) is 13.4. The second-order valence-electron chi connectivity index (χ2n) is 15.4. The Kier molecular flexibility index (Phi) is 7.23. The smallest absolute Gasteiger partial charge is 0.303 e. The number of hydrogen-bond donors (Lipinski definition) is 2. The summed E-state index contributed by atoms with van der Waals surface area (Å²) >= 11 is 0. The van der Waals surface area contributed by atoms with Gasteiger partial charge in [0.2, 0.25) is 0 Å². The van der Waals surface area contributed by atoms with Gasteiger partial charge in [-0.05, 0) is 99.7 Å². The largest absolute Gasteiger partial charge is 0.456 e. The van der Waals surface area contributed by atoms with Crippen LogP contribution in [0.25, 0.3) is 0 Å². The molecule has 2 saturated heterocycles. The van der Waals surface area contributed by atoms with Gasteiger partial charge in [0.05, 0.1) is 32.3 Å². The van der Waals surface area contributed by atoms with Gasteiger partial charge in [0.1, 0.15) is 6.04 Å². The van der Waals surface area contributed by atoms with Gasteiger partial charge in [-0.15, -0.1) is 0 Å². The molecule has 4 aliphatic carbocycles. The van der Waals surface area contributed by atoms with E-state index in [2.05, 4.69) is 25.8 Å². The number of nitrogens with zero attached hydrogens (tertiary/aromatic N) is 2. The number of likely N-dealkylation sites (tertiary alicyclic amines) is 2. The zero-order chi connectivity index (χ0) is 26.9. The number of carbonyl (C=O) groups is 1. The number of fused-ring (bicyclic) bond motifs is 5. The fraction of sp³-hybridized carbons (Fsp3) is 0.969. The highest BCUT2D eigenvalue weighted by Gasteiger charge is 2.67. The molecule has 0 aromatic heterocycles. The molecule has 6 aliphatic rings. The van der Waals surface area contributed by atoms with Gasteiger partial charge >= 0.3 is 5.97 Å². The molecule has 0 spiro atoms. The molecule has 6 heteroatoms. The summed E-state index contributed by atoms with van der Waals surface area (Å²) in [4.78, 5) is 14.9. The van der Waals surface area contributed by atoms with E-state index >= 15 is 0 Å². The fourth-order valence-electron chi connectivity index (χ4n) is 11.4. The van der Waals surface area contributed by atoms with Crippen molar-refractivity contribution in [3.05, 3.63) is 0 Å². The van der Waals surface area contributed by atoms with Crippen LogP contribution in [0.4, 0.5) is 0 Å². The summed E-state index contributed by atoms with van der Waals surface area (Å²) in [6.45, 7) is 11.0. The number of likely N-dealkylation sites (N-methyl/N-ethyl adjacent to an activating group) is 1. The zero-order valence-corrected chi connectivity index (χ0v) is 24.6. The standard InChI is InChI=1S/C32H55N2O4/c1-21(35)38-30-28(34(4)16-6-5-7-17-34)19-26-24-9-8-22-18-29(37)27(33-14-11-23(36)12-15-33)20-32(22,3)25(24)10-13-31(26,30)2/h22-30,36-37H,5-20H2,1-4H3/q+1/t22-,24?,25?,26?,27-,28-,29-,30-,31-,32-/m0/s1. The van der Waals surface area contributed by atoms with Crippen LogP contribution in [-0.2, 0) is 9.53 Å². The first-order chi connectivity index (χ1) is 18.0. The van der Waals surface area contributed by atoms with Gasteiger partial charge in [-0.3, -0.25) is 9.69 Å². The minimum absolute atomic E-state index is 0.0419. The maximum atomic E-state index is 12.4. The van der Waals surface area contributed by atoms with Crippen molar-refractivity contribution in [3.63, 3.8) is 0 Å². The van der Waals surface area contributed by atoms with Crippen LogP contribution >= 0.6 is 0 Å². The summed E-state index contributed by atoms with van der Waals surface area (Å²) in [5.74, 6) is 2.55. The molecule has 6 fully saturated rings. The quantitative estimate of drug-likeness (QED) is 0.418. The number of quaternary nitrogens is 1. The lowest BCUT2D eigenvalue weighted by atomic mass is 9.44. The molecule has 6 nitrogen and oxygen atoms in total. The summed E-state index contributed by atoms with van der Waals surface area (Å²) in [7, 11) is 2.46. The second-order valence-corrected chi connectivity index (χ2v) is 15.4. The van der Waals surface area contributed by atoms with E-state index in [4.69, 9.17) is 4.74 Å². The van der Waals surface area contributed by atoms with Crippen molar-refractivity contribution < 1.29 is 24.2 Å². The summed E-state index contributed by atoms with van der Waals surface area (Å²) in [5, 5.41) is 21.4. The predicted octanol–water partition coefficient (Wildman–Crippen LogP) is 4.37. The van der Waals surface area contributed by atoms with Crippen LogP contribution in [0.3, 0.4) is 0 Å². The number of piperidine rings is 2. The Hall–Kier alpha value is -0.690. The molecule has 0 radical (unpaired) electrons. The third kappa shape index (κ3) is 4.39. The van der Waals surface area contributed by atoms with E-state index in [0.717, 1.165) is 43.3 Å². The molecule has 38 heavy (non-hydrogen) atoms. The van der Waals surface area contributed by atoms with Crippen LogP contribution in [0.5, 0.6) is 0 Å². The molecule has 216 valence electrons. The Labute approximate surface area is 231 Å². The van der Waals surface area contributed by atoms with Gasteiger partial charge in [-0.1, -0.05) is 13.8 Å². The van der Waals surface area contributed by atoms with Crippen LogP contribution in [0, 0.1) is 34.5 Å². The van der Waals surface area contributed by atoms with Gasteiger partial charge in [-0.2, -0.15) is 0 Å². The van der Waals surface area contributed by atoms with E-state index in [0.29, 0.717) is 29.7 Å². The molecule has 2 N–H and O–H groups in total. The molecule has 0 aromatic carbocycles. The van der Waals surface area contributed by atoms with Gasteiger partial charge in [-0.25, -0.2) is 0 Å². The van der Waals surface area contributed by atoms with Crippen molar-refractivity contribution in [3.8, 4) is 0 Å². The van der Waals surface area contributed by atoms with Crippen molar-refractivity contribution in [1.29, 1.82) is 0 Å². The molecule has 3 unspecified atom stereocenters. The highest BCUT2D eigenvalue weighted by molar-refractivity contribution is 5.66. The average Bonchev–Trinajstić information content (AvgIpc) is 3.18. The first kappa shape index (κ1) is 27.5. The van der Waals surface area contributed by atoms with Crippen molar-refractivity contribution in [1.82, 2.24) is 4.90 Å². The molecule has 0 aromatic rings. The Morgan fingerprint density at radius 3 is 2.32 bits per heavy atom. The number of aliphatic hydroxyl groups is 2. The van der Waals surface area contributed by atoms with E-state index in [1.807, 2.05) is 0 Å². The van der Waals surface area contributed by atoms with Gasteiger partial charge in [0, 0.05) is 37.9 Å². The van der Waals surface area contributed by atoms with Gasteiger partial charge in [0.15, 0.2) is 6.10 Å². The lowest BCUT2D eigenvalue weighted by Crippen LogP contribution is -2.61. The highest BCUT2D eigenvalue weighted by atomic mass is 16.5. The fourth-order valence-corrected chi connectivity index (χ4v) is 11.4. The molecule has 0 bridgehead atoms. The van der Waals surface area contributed by atoms with Crippen LogP contribution in [-0.4, -0.2) is 89.2 Å². The number of rotatable bonds is 3. The lowest BCUT2D eigenvalue weighted by Gasteiger charge is -2.62. The van der Waals surface area contributed by atoms with Crippen molar-refractivity contribution in [2.75, 3.05) is 33.2 Å². The maximum Gasteiger partial charge on any atom is 0.303 e. The third-order valence-corrected chi connectivity index (χ3v) is 13.5. The second kappa shape index (κ2) is 9.99. The van der Waals surface area contributed by atoms with E-state index in [9.17, 15) is 15.0 Å². The first-order valence-electron chi connectivity index (χ1n) is 16.2. The summed E-state index contributed by atoms with van der Waals surface area (Å²) in [6, 6.07) is 0.665. The van der Waals surface area contributed by atoms with E-state index in [1.165, 1.54) is 64.5 Å². The molecular weight excluding hydrogens is 476 g/mol. The Balaban J connectivity index is 1.27. The van der Waals surface area contributed by atoms with E-state index in [-0.39, 0.29) is 41.2 Å². The Morgan fingerprint density at radius 1 is 0.921 bits per heavy atom. The molecule has 6 rings (SSSR count). The molecule has 2 heterocycles. The van der Waals surface area contributed by atoms with Crippen LogP contribution in [0.2, 0.25) is 0 Å². The number of esters is 1. The summed E-state index contributed by atoms with van der Waals surface area (Å²) < 4.78 is 7.42. The first-order valence-corrected chi connectivity index (χ1v) is 16.2. The normalized spacial score (nSPS) is 49.5. The Bertz CT molecular complexity index is 883. The van der Waals surface area contributed by atoms with Crippen LogP contribution in [0.1, 0.15) is 97.8 Å².